The van der Waals surface area contributed by atoms with Gasteiger partial charge in [0.05, 0.1) is 6.10 Å². The summed E-state index contributed by atoms with van der Waals surface area (Å²) in [6, 6.07) is 0. The molecular weight excluding hydrogens is 552 g/mol. The number of hydrogen-bond acceptors (Lipinski definition) is 2. The van der Waals surface area contributed by atoms with E-state index in [9.17, 15) is 9.90 Å². The van der Waals surface area contributed by atoms with Gasteiger partial charge in [-0.15, -0.1) is 0 Å². The van der Waals surface area contributed by atoms with Gasteiger partial charge in [0.2, 0.25) is 0 Å². The minimum absolute atomic E-state index is 0.0271. The fourth-order valence-corrected chi connectivity index (χ4v) is 6.35. The second-order valence-corrected chi connectivity index (χ2v) is 14.3. The maximum atomic E-state index is 10.4. The van der Waals surface area contributed by atoms with E-state index in [2.05, 4.69) is 20.8 Å². The number of unbranched alkanes of at least 4 members (excludes halogenated alkanes) is 31. The Balaban J connectivity index is 0. The molecule has 0 spiro atoms. The van der Waals surface area contributed by atoms with E-state index in [4.69, 9.17) is 5.11 Å². The Kier molecular flexibility index (Phi) is 44.9. The van der Waals surface area contributed by atoms with Crippen molar-refractivity contribution in [3.8, 4) is 0 Å². The van der Waals surface area contributed by atoms with Crippen molar-refractivity contribution in [1.29, 1.82) is 0 Å². The predicted octanol–water partition coefficient (Wildman–Crippen LogP) is 14.9. The molecule has 0 radical (unpaired) electrons. The Morgan fingerprint density at radius 2 is 0.556 bits per heavy atom. The van der Waals surface area contributed by atoms with Gasteiger partial charge in [-0.2, -0.15) is 0 Å². The molecule has 1 atom stereocenters. The van der Waals surface area contributed by atoms with Crippen LogP contribution in [0.3, 0.4) is 0 Å². The molecule has 0 fully saturated rings. The van der Waals surface area contributed by atoms with Gasteiger partial charge in [-0.25, -0.2) is 0 Å². The van der Waals surface area contributed by atoms with Gasteiger partial charge < -0.3 is 10.2 Å². The van der Waals surface area contributed by atoms with Crippen LogP contribution in [0.15, 0.2) is 0 Å². The molecule has 0 aromatic carbocycles. The average molecular weight is 639 g/mol. The highest BCUT2D eigenvalue weighted by atomic mass is 16.4. The summed E-state index contributed by atoms with van der Waals surface area (Å²) in [6.45, 7) is 6.82. The summed E-state index contributed by atoms with van der Waals surface area (Å²) >= 11 is 0. The molecule has 0 amide bonds. The monoisotopic (exact) mass is 639 g/mol. The molecule has 0 saturated carbocycles. The standard InChI is InChI=1S/C22H44O2.C20H42O/c1-2-3-4-5-6-7-8-9-10-11-12-13-14-15-16-17-18-19-20-21-22(23)24;1-3-5-7-9-11-12-13-15-17-19-20(21)18-16-14-10-8-6-4-2/h2-21H2,1H3,(H,23,24);20-21H,3-19H2,1-2H3. The van der Waals surface area contributed by atoms with Gasteiger partial charge in [0.15, 0.2) is 0 Å². The quantitative estimate of drug-likeness (QED) is 0.0666. The Morgan fingerprint density at radius 3 is 0.778 bits per heavy atom. The van der Waals surface area contributed by atoms with E-state index >= 15 is 0 Å². The molecule has 45 heavy (non-hydrogen) atoms. The second-order valence-electron chi connectivity index (χ2n) is 14.3. The number of aliphatic hydroxyl groups excluding tert-OH is 1. The summed E-state index contributed by atoms with van der Waals surface area (Å²) < 4.78 is 0. The first-order valence-corrected chi connectivity index (χ1v) is 21.0. The molecule has 0 rings (SSSR count). The van der Waals surface area contributed by atoms with Gasteiger partial charge in [-0.3, -0.25) is 4.79 Å². The van der Waals surface area contributed by atoms with E-state index in [1.54, 1.807) is 0 Å². The fourth-order valence-electron chi connectivity index (χ4n) is 6.35. The van der Waals surface area contributed by atoms with Crippen LogP contribution in [-0.4, -0.2) is 22.3 Å². The summed E-state index contributed by atoms with van der Waals surface area (Å²) in [5.74, 6) is -0.651. The van der Waals surface area contributed by atoms with Gasteiger partial charge >= 0.3 is 5.97 Å². The molecule has 1 unspecified atom stereocenters. The van der Waals surface area contributed by atoms with Gasteiger partial charge in [0.25, 0.3) is 0 Å². The van der Waals surface area contributed by atoms with Crippen LogP contribution in [0.1, 0.15) is 258 Å². The maximum Gasteiger partial charge on any atom is 0.303 e. The molecule has 0 saturated heterocycles. The highest BCUT2D eigenvalue weighted by Crippen LogP contribution is 2.16. The van der Waals surface area contributed by atoms with Crippen molar-refractivity contribution in [2.75, 3.05) is 0 Å². The molecule has 3 nitrogen and oxygen atoms in total. The number of hydrogen-bond donors (Lipinski definition) is 2. The van der Waals surface area contributed by atoms with Crippen LogP contribution in [0.25, 0.3) is 0 Å². The number of rotatable bonds is 37. The topological polar surface area (TPSA) is 57.5 Å². The van der Waals surface area contributed by atoms with Crippen molar-refractivity contribution < 1.29 is 15.0 Å². The predicted molar refractivity (Wildman–Crippen MR) is 201 cm³/mol. The van der Waals surface area contributed by atoms with Gasteiger partial charge in [0, 0.05) is 6.42 Å². The van der Waals surface area contributed by atoms with E-state index in [1.807, 2.05) is 0 Å². The molecule has 0 aliphatic heterocycles. The van der Waals surface area contributed by atoms with Crippen molar-refractivity contribution in [3.05, 3.63) is 0 Å². The Bertz CT molecular complexity index is 520. The van der Waals surface area contributed by atoms with Crippen LogP contribution < -0.4 is 0 Å². The summed E-state index contributed by atoms with van der Waals surface area (Å²) in [4.78, 5) is 10.4. The van der Waals surface area contributed by atoms with Crippen LogP contribution in [0, 0.1) is 0 Å². The number of aliphatic hydroxyl groups is 1. The largest absolute Gasteiger partial charge is 0.481 e. The molecule has 0 heterocycles. The number of carboxylic acid groups (broad SMARTS) is 1. The summed E-state index contributed by atoms with van der Waals surface area (Å²) in [5.41, 5.74) is 0. The van der Waals surface area contributed by atoms with Gasteiger partial charge in [-0.1, -0.05) is 233 Å². The maximum absolute atomic E-state index is 10.4. The summed E-state index contributed by atoms with van der Waals surface area (Å²) in [7, 11) is 0. The Morgan fingerprint density at radius 1 is 0.356 bits per heavy atom. The molecule has 3 heteroatoms. The SMILES string of the molecule is CCCCCCCCCCCC(O)CCCCCCCC.CCCCCCCCCCCCCCCCCCCCCC(=O)O. The van der Waals surface area contributed by atoms with Gasteiger partial charge in [0.1, 0.15) is 0 Å². The van der Waals surface area contributed by atoms with E-state index < -0.39 is 5.97 Å². The summed E-state index contributed by atoms with van der Waals surface area (Å²) in [5, 5.41) is 18.5. The third-order valence-corrected chi connectivity index (χ3v) is 9.53. The van der Waals surface area contributed by atoms with Crippen LogP contribution in [0.4, 0.5) is 0 Å². The van der Waals surface area contributed by atoms with E-state index in [0.717, 1.165) is 25.7 Å². The molecule has 0 aliphatic carbocycles. The van der Waals surface area contributed by atoms with E-state index in [-0.39, 0.29) is 6.10 Å². The smallest absolute Gasteiger partial charge is 0.303 e. The van der Waals surface area contributed by atoms with Crippen molar-refractivity contribution in [3.63, 3.8) is 0 Å². The number of aliphatic carboxylic acids is 1. The number of carboxylic acids is 1. The molecular formula is C42H86O3. The minimum Gasteiger partial charge on any atom is -0.481 e. The van der Waals surface area contributed by atoms with Gasteiger partial charge in [-0.05, 0) is 19.3 Å². The molecule has 0 bridgehead atoms. The first kappa shape index (κ1) is 46.5. The first-order chi connectivity index (χ1) is 22.1. The van der Waals surface area contributed by atoms with Crippen LogP contribution in [0.5, 0.6) is 0 Å². The zero-order valence-electron chi connectivity index (χ0n) is 31.5. The molecule has 0 aromatic heterocycles. The van der Waals surface area contributed by atoms with E-state index in [0.29, 0.717) is 6.42 Å². The van der Waals surface area contributed by atoms with Crippen molar-refractivity contribution in [2.24, 2.45) is 0 Å². The van der Waals surface area contributed by atoms with Crippen molar-refractivity contribution in [2.45, 2.75) is 264 Å². The van der Waals surface area contributed by atoms with Crippen LogP contribution in [0.2, 0.25) is 0 Å². The lowest BCUT2D eigenvalue weighted by molar-refractivity contribution is -0.137. The lowest BCUT2D eigenvalue weighted by Gasteiger charge is -2.10. The highest BCUT2D eigenvalue weighted by molar-refractivity contribution is 5.66. The third kappa shape index (κ3) is 47.9. The zero-order chi connectivity index (χ0) is 33.3. The van der Waals surface area contributed by atoms with Crippen molar-refractivity contribution >= 4 is 5.97 Å². The lowest BCUT2D eigenvalue weighted by atomic mass is 10.0. The highest BCUT2D eigenvalue weighted by Gasteiger charge is 2.04. The lowest BCUT2D eigenvalue weighted by Crippen LogP contribution is -2.05. The summed E-state index contributed by atoms with van der Waals surface area (Å²) in [6.07, 6.45) is 48.4. The third-order valence-electron chi connectivity index (χ3n) is 9.53. The molecule has 2 N–H and O–H groups in total. The first-order valence-electron chi connectivity index (χ1n) is 21.0. The van der Waals surface area contributed by atoms with E-state index in [1.165, 1.54) is 205 Å². The second kappa shape index (κ2) is 43.4. The Hall–Kier alpha value is -0.570. The molecule has 272 valence electrons. The average Bonchev–Trinajstić information content (AvgIpc) is 3.03. The molecule has 0 aromatic rings. The number of carbonyl (C=O) groups is 1. The van der Waals surface area contributed by atoms with Crippen molar-refractivity contribution in [1.82, 2.24) is 0 Å². The fraction of sp³-hybridized carbons (Fsp3) is 0.976. The minimum atomic E-state index is -0.651. The molecule has 0 aliphatic rings. The Labute approximate surface area is 284 Å². The van der Waals surface area contributed by atoms with Crippen LogP contribution in [-0.2, 0) is 4.79 Å². The van der Waals surface area contributed by atoms with Crippen LogP contribution >= 0.6 is 0 Å². The zero-order valence-corrected chi connectivity index (χ0v) is 31.5. The normalized spacial score (nSPS) is 11.8.